The summed E-state index contributed by atoms with van der Waals surface area (Å²) in [5.74, 6) is 0.0847. The molecule has 0 unspecified atom stereocenters. The molecule has 1 fully saturated rings. The van der Waals surface area contributed by atoms with Gasteiger partial charge in [-0.05, 0) is 25.0 Å². The van der Waals surface area contributed by atoms with Gasteiger partial charge in [-0.1, -0.05) is 23.7 Å². The fraction of sp³-hybridized carbons (Fsp3) is 0.417. The Labute approximate surface area is 99.7 Å². The average molecular weight is 240 g/mol. The second-order valence-corrected chi connectivity index (χ2v) is 4.26. The van der Waals surface area contributed by atoms with Gasteiger partial charge in [-0.2, -0.15) is 0 Å². The molecule has 16 heavy (non-hydrogen) atoms. The van der Waals surface area contributed by atoms with Crippen LogP contribution in [0.4, 0.5) is 5.69 Å². The number of para-hydroxylation sites is 1. The number of rotatable bonds is 2. The lowest BCUT2D eigenvalue weighted by atomic mass is 9.99. The Morgan fingerprint density at radius 1 is 1.31 bits per heavy atom. The van der Waals surface area contributed by atoms with E-state index >= 15 is 0 Å². The SMILES string of the molecule is O=C(Nc1ccccc1Cl)C1CCOCC1. The first-order valence-corrected chi connectivity index (χ1v) is 5.78. The zero-order chi connectivity index (χ0) is 11.4. The molecular formula is C12H14ClNO2. The standard InChI is InChI=1S/C12H14ClNO2/c13-10-3-1-2-4-11(10)14-12(15)9-5-7-16-8-6-9/h1-4,9H,5-8H2,(H,14,15). The van der Waals surface area contributed by atoms with Crippen LogP contribution in [0.1, 0.15) is 12.8 Å². The van der Waals surface area contributed by atoms with E-state index < -0.39 is 0 Å². The van der Waals surface area contributed by atoms with Crippen molar-refractivity contribution in [3.05, 3.63) is 29.3 Å². The molecule has 0 aromatic heterocycles. The summed E-state index contributed by atoms with van der Waals surface area (Å²) in [5, 5.41) is 3.43. The monoisotopic (exact) mass is 239 g/mol. The molecule has 1 amide bonds. The summed E-state index contributed by atoms with van der Waals surface area (Å²) < 4.78 is 5.22. The first kappa shape index (κ1) is 11.4. The van der Waals surface area contributed by atoms with E-state index in [0.29, 0.717) is 23.9 Å². The van der Waals surface area contributed by atoms with Crippen molar-refractivity contribution in [2.75, 3.05) is 18.5 Å². The van der Waals surface area contributed by atoms with Gasteiger partial charge in [0.15, 0.2) is 0 Å². The Balaban J connectivity index is 1.99. The fourth-order valence-corrected chi connectivity index (χ4v) is 1.94. The Hall–Kier alpha value is -1.06. The quantitative estimate of drug-likeness (QED) is 0.862. The van der Waals surface area contributed by atoms with Crippen molar-refractivity contribution in [3.8, 4) is 0 Å². The Morgan fingerprint density at radius 3 is 2.69 bits per heavy atom. The number of hydrogen-bond acceptors (Lipinski definition) is 2. The Kier molecular flexibility index (Phi) is 3.80. The van der Waals surface area contributed by atoms with Crippen molar-refractivity contribution < 1.29 is 9.53 Å². The molecule has 1 saturated heterocycles. The van der Waals surface area contributed by atoms with E-state index in [1.54, 1.807) is 12.1 Å². The molecular weight excluding hydrogens is 226 g/mol. The van der Waals surface area contributed by atoms with Gasteiger partial charge in [0, 0.05) is 19.1 Å². The van der Waals surface area contributed by atoms with E-state index in [9.17, 15) is 4.79 Å². The summed E-state index contributed by atoms with van der Waals surface area (Å²) in [7, 11) is 0. The third-order valence-electron chi connectivity index (χ3n) is 2.72. The van der Waals surface area contributed by atoms with Gasteiger partial charge in [0.1, 0.15) is 0 Å². The van der Waals surface area contributed by atoms with Crippen LogP contribution in [0, 0.1) is 5.92 Å². The van der Waals surface area contributed by atoms with Crippen LogP contribution in [0.2, 0.25) is 5.02 Å². The molecule has 0 bridgehead atoms. The number of hydrogen-bond donors (Lipinski definition) is 1. The van der Waals surface area contributed by atoms with E-state index in [2.05, 4.69) is 5.32 Å². The van der Waals surface area contributed by atoms with Gasteiger partial charge in [-0.3, -0.25) is 4.79 Å². The zero-order valence-corrected chi connectivity index (χ0v) is 9.67. The smallest absolute Gasteiger partial charge is 0.227 e. The molecule has 1 N–H and O–H groups in total. The van der Waals surface area contributed by atoms with Gasteiger partial charge in [0.25, 0.3) is 0 Å². The minimum absolute atomic E-state index is 0.0383. The van der Waals surface area contributed by atoms with Crippen LogP contribution in [0.25, 0.3) is 0 Å². The normalized spacial score (nSPS) is 17.1. The molecule has 2 rings (SSSR count). The minimum Gasteiger partial charge on any atom is -0.381 e. The molecule has 0 radical (unpaired) electrons. The number of amides is 1. The molecule has 0 aliphatic carbocycles. The third-order valence-corrected chi connectivity index (χ3v) is 3.05. The number of halogens is 1. The van der Waals surface area contributed by atoms with Gasteiger partial charge in [0.05, 0.1) is 10.7 Å². The maximum atomic E-state index is 11.9. The summed E-state index contributed by atoms with van der Waals surface area (Å²) in [6.07, 6.45) is 1.58. The van der Waals surface area contributed by atoms with Gasteiger partial charge in [-0.25, -0.2) is 0 Å². The summed E-state index contributed by atoms with van der Waals surface area (Å²) in [6.45, 7) is 1.33. The van der Waals surface area contributed by atoms with Crippen LogP contribution >= 0.6 is 11.6 Å². The Morgan fingerprint density at radius 2 is 2.00 bits per heavy atom. The van der Waals surface area contributed by atoms with Crippen molar-refractivity contribution in [1.82, 2.24) is 0 Å². The summed E-state index contributed by atoms with van der Waals surface area (Å²) in [4.78, 5) is 11.9. The highest BCUT2D eigenvalue weighted by Crippen LogP contribution is 2.23. The van der Waals surface area contributed by atoms with Crippen LogP contribution in [0.3, 0.4) is 0 Å². The van der Waals surface area contributed by atoms with Crippen LogP contribution in [-0.2, 0) is 9.53 Å². The van der Waals surface area contributed by atoms with Crippen molar-refractivity contribution in [2.24, 2.45) is 5.92 Å². The lowest BCUT2D eigenvalue weighted by Gasteiger charge is -2.21. The number of carbonyl (C=O) groups excluding carboxylic acids is 1. The molecule has 0 atom stereocenters. The highest BCUT2D eigenvalue weighted by Gasteiger charge is 2.21. The van der Waals surface area contributed by atoms with Gasteiger partial charge >= 0.3 is 0 Å². The highest BCUT2D eigenvalue weighted by atomic mass is 35.5. The molecule has 1 heterocycles. The van der Waals surface area contributed by atoms with Crippen LogP contribution in [0.5, 0.6) is 0 Å². The van der Waals surface area contributed by atoms with Crippen molar-refractivity contribution in [2.45, 2.75) is 12.8 Å². The molecule has 1 aromatic carbocycles. The predicted octanol–water partition coefficient (Wildman–Crippen LogP) is 2.71. The molecule has 0 spiro atoms. The molecule has 1 aliphatic heterocycles. The van der Waals surface area contributed by atoms with Gasteiger partial charge in [0.2, 0.25) is 5.91 Å². The summed E-state index contributed by atoms with van der Waals surface area (Å²) in [5.41, 5.74) is 0.681. The number of benzene rings is 1. The lowest BCUT2D eigenvalue weighted by Crippen LogP contribution is -2.28. The predicted molar refractivity (Wildman–Crippen MR) is 63.6 cm³/mol. The third kappa shape index (κ3) is 2.74. The van der Waals surface area contributed by atoms with Gasteiger partial charge < -0.3 is 10.1 Å². The second-order valence-electron chi connectivity index (χ2n) is 3.86. The summed E-state index contributed by atoms with van der Waals surface area (Å²) in [6, 6.07) is 7.26. The number of anilines is 1. The van der Waals surface area contributed by atoms with E-state index in [-0.39, 0.29) is 11.8 Å². The van der Waals surface area contributed by atoms with Crippen molar-refractivity contribution in [1.29, 1.82) is 0 Å². The molecule has 0 saturated carbocycles. The number of nitrogens with one attached hydrogen (secondary N) is 1. The second kappa shape index (κ2) is 5.32. The molecule has 1 aliphatic rings. The molecule has 86 valence electrons. The highest BCUT2D eigenvalue weighted by molar-refractivity contribution is 6.33. The van der Waals surface area contributed by atoms with E-state index in [1.807, 2.05) is 12.1 Å². The maximum absolute atomic E-state index is 11.9. The Bertz CT molecular complexity index is 375. The van der Waals surface area contributed by atoms with E-state index in [0.717, 1.165) is 12.8 Å². The number of ether oxygens (including phenoxy) is 1. The minimum atomic E-state index is 0.0383. The first-order chi connectivity index (χ1) is 7.77. The van der Waals surface area contributed by atoms with Crippen molar-refractivity contribution in [3.63, 3.8) is 0 Å². The maximum Gasteiger partial charge on any atom is 0.227 e. The van der Waals surface area contributed by atoms with Crippen LogP contribution in [0.15, 0.2) is 24.3 Å². The van der Waals surface area contributed by atoms with Crippen LogP contribution in [-0.4, -0.2) is 19.1 Å². The van der Waals surface area contributed by atoms with Crippen LogP contribution < -0.4 is 5.32 Å². The largest absolute Gasteiger partial charge is 0.381 e. The molecule has 1 aromatic rings. The van der Waals surface area contributed by atoms with Gasteiger partial charge in [-0.15, -0.1) is 0 Å². The van der Waals surface area contributed by atoms with E-state index in [4.69, 9.17) is 16.3 Å². The summed E-state index contributed by atoms with van der Waals surface area (Å²) >= 11 is 5.97. The average Bonchev–Trinajstić information content (AvgIpc) is 2.33. The molecule has 3 nitrogen and oxygen atoms in total. The topological polar surface area (TPSA) is 38.3 Å². The van der Waals surface area contributed by atoms with E-state index in [1.165, 1.54) is 0 Å². The lowest BCUT2D eigenvalue weighted by molar-refractivity contribution is -0.122. The zero-order valence-electron chi connectivity index (χ0n) is 8.91. The fourth-order valence-electron chi connectivity index (χ4n) is 1.76. The van der Waals surface area contributed by atoms with Crippen molar-refractivity contribution >= 4 is 23.2 Å². The number of carbonyl (C=O) groups is 1. The first-order valence-electron chi connectivity index (χ1n) is 5.40. The molecule has 4 heteroatoms.